The summed E-state index contributed by atoms with van der Waals surface area (Å²) >= 11 is 0. The molecule has 1 heterocycles. The summed E-state index contributed by atoms with van der Waals surface area (Å²) < 4.78 is 0. The Morgan fingerprint density at radius 2 is 1.77 bits per heavy atom. The third kappa shape index (κ3) is 3.37. The Hall–Kier alpha value is -0.900. The predicted molar refractivity (Wildman–Crippen MR) is 91.0 cm³/mol. The average Bonchev–Trinajstić information content (AvgIpc) is 2.52. The largest absolute Gasteiger partial charge is 0.385 e. The number of hydrogen-bond donors (Lipinski definition) is 1. The highest BCUT2D eigenvalue weighted by Gasteiger charge is 2.41. The number of benzene rings is 1. The first-order valence-corrected chi connectivity index (χ1v) is 8.78. The van der Waals surface area contributed by atoms with E-state index >= 15 is 0 Å². The average molecular weight is 302 g/mol. The molecule has 3 heteroatoms. The van der Waals surface area contributed by atoms with Gasteiger partial charge in [0.2, 0.25) is 0 Å². The van der Waals surface area contributed by atoms with Gasteiger partial charge in [-0.15, -0.1) is 0 Å². The molecule has 1 aliphatic carbocycles. The van der Waals surface area contributed by atoms with E-state index in [0.29, 0.717) is 5.92 Å². The molecule has 22 heavy (non-hydrogen) atoms. The maximum atomic E-state index is 11.4. The lowest BCUT2D eigenvalue weighted by Gasteiger charge is -2.44. The van der Waals surface area contributed by atoms with E-state index in [1.54, 1.807) is 0 Å². The van der Waals surface area contributed by atoms with Crippen LogP contribution in [0.25, 0.3) is 0 Å². The van der Waals surface area contributed by atoms with Crippen LogP contribution >= 0.6 is 0 Å². The van der Waals surface area contributed by atoms with Crippen molar-refractivity contribution in [3.63, 3.8) is 0 Å². The molecule has 2 aliphatic rings. The molecular formula is C19H30N2O. The molecule has 2 atom stereocenters. The number of aryl methyl sites for hydroxylation is 1. The molecule has 0 spiro atoms. The SMILES string of the molecule is Cc1ccc(C2(O)CCCCC2CN2CCN(C)CC2)cc1. The lowest BCUT2D eigenvalue weighted by molar-refractivity contribution is -0.0684. The molecular weight excluding hydrogens is 272 g/mol. The maximum Gasteiger partial charge on any atom is 0.0936 e. The molecule has 0 aromatic heterocycles. The van der Waals surface area contributed by atoms with Gasteiger partial charge in [-0.05, 0) is 32.4 Å². The Morgan fingerprint density at radius 3 is 2.45 bits per heavy atom. The van der Waals surface area contributed by atoms with Gasteiger partial charge in [-0.2, -0.15) is 0 Å². The summed E-state index contributed by atoms with van der Waals surface area (Å²) in [6, 6.07) is 8.54. The molecule has 1 saturated heterocycles. The second-order valence-electron chi connectivity index (χ2n) is 7.34. The number of likely N-dealkylation sites (N-methyl/N-ethyl adjacent to an activating group) is 1. The van der Waals surface area contributed by atoms with Crippen molar-refractivity contribution in [1.82, 2.24) is 9.80 Å². The van der Waals surface area contributed by atoms with E-state index < -0.39 is 5.60 Å². The first-order chi connectivity index (χ1) is 10.6. The third-order valence-corrected chi connectivity index (χ3v) is 5.66. The highest BCUT2D eigenvalue weighted by molar-refractivity contribution is 5.28. The Morgan fingerprint density at radius 1 is 1.09 bits per heavy atom. The minimum Gasteiger partial charge on any atom is -0.385 e. The van der Waals surface area contributed by atoms with Crippen molar-refractivity contribution in [1.29, 1.82) is 0 Å². The van der Waals surface area contributed by atoms with Gasteiger partial charge in [-0.25, -0.2) is 0 Å². The molecule has 3 nitrogen and oxygen atoms in total. The zero-order valence-electron chi connectivity index (χ0n) is 14.1. The fraction of sp³-hybridized carbons (Fsp3) is 0.684. The predicted octanol–water partition coefficient (Wildman–Crippen LogP) is 2.62. The van der Waals surface area contributed by atoms with Crippen LogP contribution in [0.1, 0.15) is 36.8 Å². The van der Waals surface area contributed by atoms with Crippen molar-refractivity contribution >= 4 is 0 Å². The molecule has 122 valence electrons. The van der Waals surface area contributed by atoms with E-state index in [4.69, 9.17) is 0 Å². The Kier molecular flexibility index (Phi) is 4.86. The molecule has 0 amide bonds. The van der Waals surface area contributed by atoms with Crippen LogP contribution in [0.2, 0.25) is 0 Å². The van der Waals surface area contributed by atoms with Crippen molar-refractivity contribution < 1.29 is 5.11 Å². The maximum absolute atomic E-state index is 11.4. The molecule has 1 aliphatic heterocycles. The summed E-state index contributed by atoms with van der Waals surface area (Å²) in [7, 11) is 2.20. The normalized spacial score (nSPS) is 31.3. The molecule has 1 aromatic rings. The van der Waals surface area contributed by atoms with Gasteiger partial charge in [-0.1, -0.05) is 42.7 Å². The van der Waals surface area contributed by atoms with Gasteiger partial charge in [0.25, 0.3) is 0 Å². The number of aliphatic hydroxyl groups is 1. The standard InChI is InChI=1S/C19H30N2O/c1-16-6-8-17(9-7-16)19(22)10-4-3-5-18(19)15-21-13-11-20(2)12-14-21/h6-9,18,22H,3-5,10-15H2,1-2H3. The summed E-state index contributed by atoms with van der Waals surface area (Å²) in [4.78, 5) is 4.94. The van der Waals surface area contributed by atoms with Gasteiger partial charge in [0.05, 0.1) is 5.60 Å². The van der Waals surface area contributed by atoms with Crippen LogP contribution in [0.3, 0.4) is 0 Å². The second kappa shape index (κ2) is 6.69. The molecule has 1 saturated carbocycles. The minimum absolute atomic E-state index is 0.368. The van der Waals surface area contributed by atoms with Crippen molar-refractivity contribution in [2.75, 3.05) is 39.8 Å². The van der Waals surface area contributed by atoms with Crippen molar-refractivity contribution in [3.05, 3.63) is 35.4 Å². The van der Waals surface area contributed by atoms with Crippen molar-refractivity contribution in [2.24, 2.45) is 5.92 Å². The molecule has 0 radical (unpaired) electrons. The Balaban J connectivity index is 1.74. The van der Waals surface area contributed by atoms with Crippen LogP contribution in [-0.2, 0) is 5.60 Å². The van der Waals surface area contributed by atoms with Crippen LogP contribution in [0.4, 0.5) is 0 Å². The summed E-state index contributed by atoms with van der Waals surface area (Å²) in [5.41, 5.74) is 1.76. The van der Waals surface area contributed by atoms with Crippen molar-refractivity contribution in [3.8, 4) is 0 Å². The number of rotatable bonds is 3. The molecule has 1 aromatic carbocycles. The highest BCUT2D eigenvalue weighted by Crippen LogP contribution is 2.42. The summed E-state index contributed by atoms with van der Waals surface area (Å²) in [5, 5.41) is 11.4. The van der Waals surface area contributed by atoms with Gasteiger partial charge in [0, 0.05) is 38.6 Å². The van der Waals surface area contributed by atoms with Gasteiger partial charge >= 0.3 is 0 Å². The lowest BCUT2D eigenvalue weighted by atomic mass is 9.71. The molecule has 2 unspecified atom stereocenters. The smallest absolute Gasteiger partial charge is 0.0936 e. The molecule has 0 bridgehead atoms. The van der Waals surface area contributed by atoms with Gasteiger partial charge < -0.3 is 14.9 Å². The summed E-state index contributed by atoms with van der Waals surface area (Å²) in [6.07, 6.45) is 4.46. The van der Waals surface area contributed by atoms with Crippen LogP contribution in [0.5, 0.6) is 0 Å². The van der Waals surface area contributed by atoms with Crippen LogP contribution < -0.4 is 0 Å². The van der Waals surface area contributed by atoms with Crippen molar-refractivity contribution in [2.45, 2.75) is 38.2 Å². The quantitative estimate of drug-likeness (QED) is 0.930. The summed E-state index contributed by atoms with van der Waals surface area (Å²) in [5.74, 6) is 0.368. The lowest BCUT2D eigenvalue weighted by Crippen LogP contribution is -2.50. The van der Waals surface area contributed by atoms with E-state index in [1.807, 2.05) is 0 Å². The first-order valence-electron chi connectivity index (χ1n) is 8.78. The topological polar surface area (TPSA) is 26.7 Å². The number of nitrogens with zero attached hydrogens (tertiary/aromatic N) is 2. The Labute approximate surface area is 134 Å². The van der Waals surface area contributed by atoms with E-state index in [1.165, 1.54) is 12.0 Å². The number of hydrogen-bond acceptors (Lipinski definition) is 3. The monoisotopic (exact) mass is 302 g/mol. The zero-order valence-corrected chi connectivity index (χ0v) is 14.1. The van der Waals surface area contributed by atoms with Crippen LogP contribution in [0, 0.1) is 12.8 Å². The van der Waals surface area contributed by atoms with Gasteiger partial charge in [0.1, 0.15) is 0 Å². The van der Waals surface area contributed by atoms with Gasteiger partial charge in [-0.3, -0.25) is 0 Å². The highest BCUT2D eigenvalue weighted by atomic mass is 16.3. The second-order valence-corrected chi connectivity index (χ2v) is 7.34. The summed E-state index contributed by atoms with van der Waals surface area (Å²) in [6.45, 7) is 7.72. The molecule has 3 rings (SSSR count). The zero-order chi connectivity index (χ0) is 15.6. The van der Waals surface area contributed by atoms with Crippen LogP contribution in [0.15, 0.2) is 24.3 Å². The van der Waals surface area contributed by atoms with E-state index in [0.717, 1.165) is 57.5 Å². The Bertz CT molecular complexity index is 479. The number of piperazine rings is 1. The van der Waals surface area contributed by atoms with E-state index in [-0.39, 0.29) is 0 Å². The molecule has 2 fully saturated rings. The molecule has 1 N–H and O–H groups in total. The van der Waals surface area contributed by atoms with E-state index in [2.05, 4.69) is 48.0 Å². The van der Waals surface area contributed by atoms with Crippen LogP contribution in [-0.4, -0.2) is 54.7 Å². The first kappa shape index (κ1) is 16.0. The minimum atomic E-state index is -0.630. The van der Waals surface area contributed by atoms with E-state index in [9.17, 15) is 5.11 Å². The fourth-order valence-electron chi connectivity index (χ4n) is 4.03. The van der Waals surface area contributed by atoms with Gasteiger partial charge in [0.15, 0.2) is 0 Å². The fourth-order valence-corrected chi connectivity index (χ4v) is 4.03. The third-order valence-electron chi connectivity index (χ3n) is 5.66.